The summed E-state index contributed by atoms with van der Waals surface area (Å²) in [4.78, 5) is 14.4. The Morgan fingerprint density at radius 2 is 2.15 bits per heavy atom. The molecular weight excluding hydrogens is 343 g/mol. The van der Waals surface area contributed by atoms with E-state index in [-0.39, 0.29) is 5.91 Å². The molecule has 0 radical (unpaired) electrons. The van der Waals surface area contributed by atoms with Gasteiger partial charge in [-0.1, -0.05) is 26.1 Å². The third-order valence-corrected chi connectivity index (χ3v) is 3.51. The smallest absolute Gasteiger partial charge is 0.253 e. The van der Waals surface area contributed by atoms with Crippen LogP contribution in [0.2, 0.25) is 0 Å². The van der Waals surface area contributed by atoms with Gasteiger partial charge in [0.1, 0.15) is 5.82 Å². The van der Waals surface area contributed by atoms with Crippen molar-refractivity contribution in [3.63, 3.8) is 0 Å². The van der Waals surface area contributed by atoms with Gasteiger partial charge in [-0.15, -0.1) is 0 Å². The highest BCUT2D eigenvalue weighted by Crippen LogP contribution is 2.18. The average molecular weight is 361 g/mol. The Kier molecular flexibility index (Phi) is 6.55. The summed E-state index contributed by atoms with van der Waals surface area (Å²) in [6.07, 6.45) is 0.465. The van der Waals surface area contributed by atoms with Crippen molar-refractivity contribution in [3.05, 3.63) is 34.1 Å². The SMILES string of the molecule is CC(C)CN(CCC(N)=S)C(=O)c1ccc(Br)c(F)c1. The first-order valence-electron chi connectivity index (χ1n) is 6.34. The Morgan fingerprint density at radius 1 is 1.50 bits per heavy atom. The molecule has 0 aliphatic rings. The second-order valence-corrected chi connectivity index (χ2v) is 6.37. The summed E-state index contributed by atoms with van der Waals surface area (Å²) in [5.41, 5.74) is 5.81. The number of hydrogen-bond acceptors (Lipinski definition) is 2. The molecule has 0 atom stereocenters. The predicted molar refractivity (Wildman–Crippen MR) is 86.2 cm³/mol. The van der Waals surface area contributed by atoms with Gasteiger partial charge in [-0.2, -0.15) is 0 Å². The molecule has 3 nitrogen and oxygen atoms in total. The third-order valence-electron chi connectivity index (χ3n) is 2.67. The maximum absolute atomic E-state index is 13.5. The van der Waals surface area contributed by atoms with Crippen LogP contribution in [0.15, 0.2) is 22.7 Å². The molecule has 0 spiro atoms. The Labute approximate surface area is 132 Å². The minimum absolute atomic E-state index is 0.207. The molecule has 0 aromatic heterocycles. The van der Waals surface area contributed by atoms with Gasteiger partial charge in [-0.25, -0.2) is 4.39 Å². The molecule has 0 unspecified atom stereocenters. The molecule has 0 aliphatic heterocycles. The maximum Gasteiger partial charge on any atom is 0.253 e. The number of benzene rings is 1. The lowest BCUT2D eigenvalue weighted by Gasteiger charge is -2.24. The van der Waals surface area contributed by atoms with Gasteiger partial charge in [-0.05, 0) is 40.0 Å². The fourth-order valence-corrected chi connectivity index (χ4v) is 2.11. The average Bonchev–Trinajstić information content (AvgIpc) is 2.36. The molecule has 0 saturated carbocycles. The monoisotopic (exact) mass is 360 g/mol. The highest BCUT2D eigenvalue weighted by atomic mass is 79.9. The minimum Gasteiger partial charge on any atom is -0.393 e. The molecule has 1 amide bonds. The summed E-state index contributed by atoms with van der Waals surface area (Å²) in [5.74, 6) is -0.346. The first kappa shape index (κ1) is 17.0. The zero-order valence-corrected chi connectivity index (χ0v) is 13.9. The van der Waals surface area contributed by atoms with E-state index in [0.29, 0.717) is 40.5 Å². The number of halogens is 2. The standard InChI is InChI=1S/C14H18BrFN2OS/c1-9(2)8-18(6-5-13(17)20)14(19)10-3-4-11(15)12(16)7-10/h3-4,7,9H,5-6,8H2,1-2H3,(H2,17,20). The molecule has 110 valence electrons. The van der Waals surface area contributed by atoms with Crippen LogP contribution in [0, 0.1) is 11.7 Å². The second kappa shape index (κ2) is 7.69. The molecule has 0 fully saturated rings. The van der Waals surface area contributed by atoms with Crippen LogP contribution in [0.4, 0.5) is 4.39 Å². The van der Waals surface area contributed by atoms with Crippen molar-refractivity contribution < 1.29 is 9.18 Å². The molecule has 0 bridgehead atoms. The zero-order chi connectivity index (χ0) is 15.3. The van der Waals surface area contributed by atoms with E-state index in [4.69, 9.17) is 18.0 Å². The van der Waals surface area contributed by atoms with Crippen LogP contribution in [-0.4, -0.2) is 28.9 Å². The Bertz CT molecular complexity index is 508. The number of nitrogens with zero attached hydrogens (tertiary/aromatic N) is 1. The molecule has 0 heterocycles. The van der Waals surface area contributed by atoms with E-state index in [1.165, 1.54) is 12.1 Å². The summed E-state index contributed by atoms with van der Waals surface area (Å²) in [6, 6.07) is 4.37. The van der Waals surface area contributed by atoms with Crippen molar-refractivity contribution >= 4 is 39.0 Å². The van der Waals surface area contributed by atoms with E-state index in [2.05, 4.69) is 15.9 Å². The van der Waals surface area contributed by atoms with E-state index < -0.39 is 5.82 Å². The maximum atomic E-state index is 13.5. The normalized spacial score (nSPS) is 10.7. The van der Waals surface area contributed by atoms with Gasteiger partial charge < -0.3 is 10.6 Å². The van der Waals surface area contributed by atoms with Crippen LogP contribution in [0.25, 0.3) is 0 Å². The lowest BCUT2D eigenvalue weighted by atomic mass is 10.1. The van der Waals surface area contributed by atoms with Crippen LogP contribution in [0.3, 0.4) is 0 Å². The first-order chi connectivity index (χ1) is 9.31. The van der Waals surface area contributed by atoms with Gasteiger partial charge in [-0.3, -0.25) is 4.79 Å². The second-order valence-electron chi connectivity index (χ2n) is 4.99. The lowest BCUT2D eigenvalue weighted by Crippen LogP contribution is -2.36. The van der Waals surface area contributed by atoms with Gasteiger partial charge in [0, 0.05) is 25.1 Å². The number of amides is 1. The number of hydrogen-bond donors (Lipinski definition) is 1. The van der Waals surface area contributed by atoms with Gasteiger partial charge in [0.05, 0.1) is 9.46 Å². The van der Waals surface area contributed by atoms with Crippen LogP contribution < -0.4 is 5.73 Å². The van der Waals surface area contributed by atoms with Crippen molar-refractivity contribution in [1.82, 2.24) is 4.90 Å². The van der Waals surface area contributed by atoms with E-state index in [1.54, 1.807) is 11.0 Å². The molecule has 1 aromatic rings. The van der Waals surface area contributed by atoms with Crippen LogP contribution in [0.1, 0.15) is 30.6 Å². The first-order valence-corrected chi connectivity index (χ1v) is 7.54. The Balaban J connectivity index is 2.90. The molecule has 0 saturated heterocycles. The number of carbonyl (C=O) groups is 1. The molecule has 0 aliphatic carbocycles. The summed E-state index contributed by atoms with van der Waals surface area (Å²) in [7, 11) is 0. The number of rotatable bonds is 6. The van der Waals surface area contributed by atoms with Crippen LogP contribution in [-0.2, 0) is 0 Å². The third kappa shape index (κ3) is 5.17. The molecule has 1 rings (SSSR count). The highest BCUT2D eigenvalue weighted by Gasteiger charge is 2.18. The van der Waals surface area contributed by atoms with Gasteiger partial charge in [0.2, 0.25) is 0 Å². The Morgan fingerprint density at radius 3 is 2.65 bits per heavy atom. The summed E-state index contributed by atoms with van der Waals surface area (Å²) in [6.45, 7) is 5.07. The molecule has 6 heteroatoms. The number of nitrogens with two attached hydrogens (primary N) is 1. The largest absolute Gasteiger partial charge is 0.393 e. The number of carbonyl (C=O) groups excluding carboxylic acids is 1. The minimum atomic E-state index is -0.449. The van der Waals surface area contributed by atoms with Crippen molar-refractivity contribution in [2.75, 3.05) is 13.1 Å². The molecular formula is C14H18BrFN2OS. The quantitative estimate of drug-likeness (QED) is 0.791. The summed E-state index contributed by atoms with van der Waals surface area (Å²) in [5, 5.41) is 0. The lowest BCUT2D eigenvalue weighted by molar-refractivity contribution is 0.0740. The van der Waals surface area contributed by atoms with Crippen molar-refractivity contribution in [3.8, 4) is 0 Å². The van der Waals surface area contributed by atoms with Gasteiger partial charge in [0.15, 0.2) is 0 Å². The number of thiocarbonyl (C=S) groups is 1. The van der Waals surface area contributed by atoms with Gasteiger partial charge in [0.25, 0.3) is 5.91 Å². The van der Waals surface area contributed by atoms with Crippen molar-refractivity contribution in [2.24, 2.45) is 11.7 Å². The fraction of sp³-hybridized carbons (Fsp3) is 0.429. The van der Waals surface area contributed by atoms with E-state index in [0.717, 1.165) is 0 Å². The van der Waals surface area contributed by atoms with Crippen LogP contribution >= 0.6 is 28.1 Å². The van der Waals surface area contributed by atoms with Crippen LogP contribution in [0.5, 0.6) is 0 Å². The van der Waals surface area contributed by atoms with Crippen molar-refractivity contribution in [2.45, 2.75) is 20.3 Å². The highest BCUT2D eigenvalue weighted by molar-refractivity contribution is 9.10. The van der Waals surface area contributed by atoms with E-state index in [9.17, 15) is 9.18 Å². The molecule has 1 aromatic carbocycles. The van der Waals surface area contributed by atoms with E-state index >= 15 is 0 Å². The van der Waals surface area contributed by atoms with Gasteiger partial charge >= 0.3 is 0 Å². The van der Waals surface area contributed by atoms with E-state index in [1.807, 2.05) is 13.8 Å². The zero-order valence-electron chi connectivity index (χ0n) is 11.5. The van der Waals surface area contributed by atoms with Crippen molar-refractivity contribution in [1.29, 1.82) is 0 Å². The summed E-state index contributed by atoms with van der Waals surface area (Å²) < 4.78 is 13.9. The predicted octanol–water partition coefficient (Wildman–Crippen LogP) is 3.36. The molecule has 20 heavy (non-hydrogen) atoms. The summed E-state index contributed by atoms with van der Waals surface area (Å²) >= 11 is 7.91. The molecule has 2 N–H and O–H groups in total. The fourth-order valence-electron chi connectivity index (χ4n) is 1.77. The Hall–Kier alpha value is -1.01. The topological polar surface area (TPSA) is 46.3 Å².